The molecular weight excluding hydrogens is 370 g/mol. The molecule has 0 atom stereocenters. The lowest BCUT2D eigenvalue weighted by Gasteiger charge is -2.11. The summed E-state index contributed by atoms with van der Waals surface area (Å²) in [5.41, 5.74) is 1.47. The number of thiazole rings is 2. The van der Waals surface area contributed by atoms with Crippen LogP contribution in [0.3, 0.4) is 0 Å². The third-order valence-electron chi connectivity index (χ3n) is 3.94. The Hall–Kier alpha value is -2.39. The second-order valence-electron chi connectivity index (χ2n) is 5.77. The molecule has 0 N–H and O–H groups in total. The van der Waals surface area contributed by atoms with E-state index in [9.17, 15) is 4.79 Å². The maximum atomic E-state index is 11.8. The standard InChI is InChI=1S/C17H17N5O2S2/c1-2-24-16(23)15-19-12-6-5-11(9-13(12)25-15)20-21-14-10-18-17(26-14)22-7-3-4-8-22/h5-6,9-10H,2-4,7-8H2,1H3/b21-20+. The van der Waals surface area contributed by atoms with Crippen LogP contribution in [0.15, 0.2) is 34.6 Å². The molecule has 2 aromatic heterocycles. The van der Waals surface area contributed by atoms with Gasteiger partial charge >= 0.3 is 5.97 Å². The van der Waals surface area contributed by atoms with E-state index in [0.717, 1.165) is 33.4 Å². The maximum Gasteiger partial charge on any atom is 0.367 e. The van der Waals surface area contributed by atoms with Crippen LogP contribution >= 0.6 is 22.7 Å². The van der Waals surface area contributed by atoms with Crippen molar-refractivity contribution in [2.45, 2.75) is 19.8 Å². The zero-order chi connectivity index (χ0) is 17.9. The summed E-state index contributed by atoms with van der Waals surface area (Å²) < 4.78 is 5.88. The fourth-order valence-corrected chi connectivity index (χ4v) is 4.40. The lowest BCUT2D eigenvalue weighted by atomic mass is 10.3. The zero-order valence-corrected chi connectivity index (χ0v) is 15.8. The molecule has 3 heterocycles. The Morgan fingerprint density at radius 2 is 2.12 bits per heavy atom. The van der Waals surface area contributed by atoms with Crippen LogP contribution in [0.25, 0.3) is 10.2 Å². The average Bonchev–Trinajstić information content (AvgIpc) is 3.38. The highest BCUT2D eigenvalue weighted by atomic mass is 32.1. The molecule has 0 aliphatic carbocycles. The summed E-state index contributed by atoms with van der Waals surface area (Å²) in [5, 5.41) is 10.7. The predicted molar refractivity (Wildman–Crippen MR) is 103 cm³/mol. The molecule has 0 saturated carbocycles. The van der Waals surface area contributed by atoms with Crippen molar-refractivity contribution in [2.24, 2.45) is 10.2 Å². The molecule has 3 aromatic rings. The lowest BCUT2D eigenvalue weighted by molar-refractivity contribution is 0.0526. The van der Waals surface area contributed by atoms with Crippen LogP contribution in [0, 0.1) is 0 Å². The number of rotatable bonds is 5. The molecule has 1 fully saturated rings. The number of aromatic nitrogens is 2. The fraction of sp³-hybridized carbons (Fsp3) is 0.353. The van der Waals surface area contributed by atoms with E-state index in [-0.39, 0.29) is 0 Å². The van der Waals surface area contributed by atoms with Crippen LogP contribution in [-0.4, -0.2) is 35.6 Å². The number of carbonyl (C=O) groups excluding carboxylic acids is 1. The SMILES string of the molecule is CCOC(=O)c1nc2ccc(/N=N/c3cnc(N4CCCC4)s3)cc2s1. The number of hydrogen-bond donors (Lipinski definition) is 0. The molecule has 0 amide bonds. The summed E-state index contributed by atoms with van der Waals surface area (Å²) in [6.45, 7) is 4.24. The summed E-state index contributed by atoms with van der Waals surface area (Å²) in [5.74, 6) is -0.393. The van der Waals surface area contributed by atoms with Crippen LogP contribution < -0.4 is 4.90 Å². The van der Waals surface area contributed by atoms with Crippen molar-refractivity contribution in [3.63, 3.8) is 0 Å². The number of carbonyl (C=O) groups is 1. The van der Waals surface area contributed by atoms with Crippen molar-refractivity contribution in [3.8, 4) is 0 Å². The van der Waals surface area contributed by atoms with Crippen molar-refractivity contribution >= 4 is 54.7 Å². The Kier molecular flexibility index (Phi) is 4.89. The topological polar surface area (TPSA) is 80.0 Å². The number of nitrogens with zero attached hydrogens (tertiary/aromatic N) is 5. The molecule has 0 unspecified atom stereocenters. The van der Waals surface area contributed by atoms with Crippen LogP contribution in [0.4, 0.5) is 15.8 Å². The van der Waals surface area contributed by atoms with Gasteiger partial charge in [0.1, 0.15) is 0 Å². The summed E-state index contributed by atoms with van der Waals surface area (Å²) in [6, 6.07) is 5.55. The molecule has 1 saturated heterocycles. The van der Waals surface area contributed by atoms with Gasteiger partial charge in [0, 0.05) is 13.1 Å². The molecule has 1 aliphatic rings. The second-order valence-corrected chi connectivity index (χ2v) is 7.78. The Morgan fingerprint density at radius 3 is 2.92 bits per heavy atom. The highest BCUT2D eigenvalue weighted by Crippen LogP contribution is 2.33. The molecule has 0 spiro atoms. The van der Waals surface area contributed by atoms with Gasteiger partial charge in [0.05, 0.1) is 28.7 Å². The van der Waals surface area contributed by atoms with Crippen molar-refractivity contribution < 1.29 is 9.53 Å². The highest BCUT2D eigenvalue weighted by molar-refractivity contribution is 7.20. The molecule has 1 aliphatic heterocycles. The van der Waals surface area contributed by atoms with Gasteiger partial charge in [-0.05, 0) is 38.0 Å². The van der Waals surface area contributed by atoms with Gasteiger partial charge in [0.25, 0.3) is 0 Å². The quantitative estimate of drug-likeness (QED) is 0.457. The number of ether oxygens (including phenoxy) is 1. The van der Waals surface area contributed by atoms with E-state index < -0.39 is 5.97 Å². The number of azo groups is 1. The van der Waals surface area contributed by atoms with Crippen LogP contribution in [0.1, 0.15) is 29.6 Å². The summed E-state index contributed by atoms with van der Waals surface area (Å²) in [4.78, 5) is 22.8. The van der Waals surface area contributed by atoms with Gasteiger partial charge in [0.15, 0.2) is 10.1 Å². The number of fused-ring (bicyclic) bond motifs is 1. The largest absolute Gasteiger partial charge is 0.461 e. The van der Waals surface area contributed by atoms with E-state index >= 15 is 0 Å². The zero-order valence-electron chi connectivity index (χ0n) is 14.2. The lowest BCUT2D eigenvalue weighted by Crippen LogP contribution is -2.16. The van der Waals surface area contributed by atoms with E-state index in [1.807, 2.05) is 18.2 Å². The molecule has 134 valence electrons. The van der Waals surface area contributed by atoms with Crippen LogP contribution in [0.5, 0.6) is 0 Å². The molecule has 4 rings (SSSR count). The summed E-state index contributed by atoms with van der Waals surface area (Å²) in [7, 11) is 0. The minimum absolute atomic E-state index is 0.336. The van der Waals surface area contributed by atoms with Gasteiger partial charge in [0.2, 0.25) is 5.01 Å². The molecule has 9 heteroatoms. The van der Waals surface area contributed by atoms with Gasteiger partial charge in [-0.2, -0.15) is 0 Å². The van der Waals surface area contributed by atoms with Gasteiger partial charge in [-0.25, -0.2) is 14.8 Å². The average molecular weight is 387 g/mol. The smallest absolute Gasteiger partial charge is 0.367 e. The number of hydrogen-bond acceptors (Lipinski definition) is 9. The Balaban J connectivity index is 1.51. The summed E-state index contributed by atoms with van der Waals surface area (Å²) >= 11 is 2.85. The van der Waals surface area contributed by atoms with E-state index in [4.69, 9.17) is 4.74 Å². The van der Waals surface area contributed by atoms with E-state index in [2.05, 4.69) is 25.1 Å². The molecule has 1 aromatic carbocycles. The Morgan fingerprint density at radius 1 is 1.27 bits per heavy atom. The molecule has 26 heavy (non-hydrogen) atoms. The van der Waals surface area contributed by atoms with E-state index in [0.29, 0.717) is 17.3 Å². The van der Waals surface area contributed by atoms with Crippen LogP contribution in [-0.2, 0) is 4.74 Å². The Labute approximate surface area is 158 Å². The maximum absolute atomic E-state index is 11.8. The van der Waals surface area contributed by atoms with Crippen molar-refractivity contribution in [1.29, 1.82) is 0 Å². The van der Waals surface area contributed by atoms with E-state index in [1.165, 1.54) is 24.2 Å². The van der Waals surface area contributed by atoms with Crippen molar-refractivity contribution in [1.82, 2.24) is 9.97 Å². The van der Waals surface area contributed by atoms with Gasteiger partial charge in [-0.3, -0.25) is 0 Å². The second kappa shape index (κ2) is 7.46. The first-order chi connectivity index (χ1) is 12.7. The van der Waals surface area contributed by atoms with Crippen molar-refractivity contribution in [2.75, 3.05) is 24.6 Å². The highest BCUT2D eigenvalue weighted by Gasteiger charge is 2.16. The molecular formula is C17H17N5O2S2. The van der Waals surface area contributed by atoms with Gasteiger partial charge in [-0.15, -0.1) is 21.6 Å². The normalized spacial score (nSPS) is 14.6. The van der Waals surface area contributed by atoms with E-state index in [1.54, 1.807) is 24.5 Å². The number of anilines is 1. The first-order valence-corrected chi connectivity index (χ1v) is 10.1. The fourth-order valence-electron chi connectivity index (χ4n) is 2.72. The molecule has 7 nitrogen and oxygen atoms in total. The third-order valence-corrected chi connectivity index (χ3v) is 5.88. The van der Waals surface area contributed by atoms with Gasteiger partial charge < -0.3 is 9.64 Å². The molecule has 0 bridgehead atoms. The summed E-state index contributed by atoms with van der Waals surface area (Å²) in [6.07, 6.45) is 4.20. The molecule has 0 radical (unpaired) electrons. The monoisotopic (exact) mass is 387 g/mol. The number of benzene rings is 1. The predicted octanol–water partition coefficient (Wildman–Crippen LogP) is 4.95. The minimum atomic E-state index is -0.393. The minimum Gasteiger partial charge on any atom is -0.461 e. The Bertz CT molecular complexity index is 959. The third kappa shape index (κ3) is 3.58. The first-order valence-electron chi connectivity index (χ1n) is 8.43. The van der Waals surface area contributed by atoms with Crippen LogP contribution in [0.2, 0.25) is 0 Å². The van der Waals surface area contributed by atoms with Crippen molar-refractivity contribution in [3.05, 3.63) is 29.4 Å². The first kappa shape index (κ1) is 17.0. The van der Waals surface area contributed by atoms with Gasteiger partial charge in [-0.1, -0.05) is 11.3 Å². The number of esters is 1.